The monoisotopic (exact) mass is 315 g/mol. The lowest BCUT2D eigenvalue weighted by Crippen LogP contribution is -2.49. The fraction of sp³-hybridized carbons (Fsp3) is 0.462. The van der Waals surface area contributed by atoms with Crippen molar-refractivity contribution in [1.29, 1.82) is 0 Å². The molecule has 4 nitrogen and oxygen atoms in total. The number of hydrogen-bond acceptors (Lipinski definition) is 3. The summed E-state index contributed by atoms with van der Waals surface area (Å²) in [5.74, 6) is -0.624. The van der Waals surface area contributed by atoms with E-state index in [0.717, 1.165) is 18.9 Å². The Morgan fingerprint density at radius 3 is 2.39 bits per heavy atom. The maximum absolute atomic E-state index is 12.1. The van der Waals surface area contributed by atoms with Gasteiger partial charge in [-0.1, -0.05) is 29.8 Å². The number of amides is 1. The molecule has 0 saturated carbocycles. The summed E-state index contributed by atoms with van der Waals surface area (Å²) >= 11 is 3.41. The second-order valence-corrected chi connectivity index (χ2v) is 4.84. The summed E-state index contributed by atoms with van der Waals surface area (Å²) in [4.78, 5) is 12.1. The van der Waals surface area contributed by atoms with E-state index in [0.29, 0.717) is 5.33 Å². The third kappa shape index (κ3) is 3.16. The number of phenolic OH excluding ortho intramolecular Hbond substituents is 2. The quantitative estimate of drug-likeness (QED) is 0.732. The van der Waals surface area contributed by atoms with Crippen LogP contribution in [0.2, 0.25) is 0 Å². The Morgan fingerprint density at radius 2 is 1.94 bits per heavy atom. The molecular formula is C13H18BrNO3. The highest BCUT2D eigenvalue weighted by Crippen LogP contribution is 2.24. The van der Waals surface area contributed by atoms with E-state index in [2.05, 4.69) is 21.2 Å². The number of halogens is 1. The number of phenols is 2. The van der Waals surface area contributed by atoms with Gasteiger partial charge >= 0.3 is 0 Å². The van der Waals surface area contributed by atoms with Crippen molar-refractivity contribution in [2.75, 3.05) is 5.33 Å². The third-order valence-electron chi connectivity index (χ3n) is 3.21. The molecule has 1 aromatic carbocycles. The van der Waals surface area contributed by atoms with Crippen LogP contribution in [0.4, 0.5) is 0 Å². The average Bonchev–Trinajstić information content (AvgIpc) is 2.36. The highest BCUT2D eigenvalue weighted by atomic mass is 79.9. The van der Waals surface area contributed by atoms with Gasteiger partial charge in [-0.05, 0) is 25.0 Å². The number of benzene rings is 1. The van der Waals surface area contributed by atoms with E-state index < -0.39 is 0 Å². The van der Waals surface area contributed by atoms with Crippen LogP contribution in [-0.2, 0) is 0 Å². The van der Waals surface area contributed by atoms with Crippen LogP contribution in [0.3, 0.4) is 0 Å². The minimum atomic E-state index is -0.337. The van der Waals surface area contributed by atoms with E-state index in [1.54, 1.807) is 0 Å². The molecule has 0 unspecified atom stereocenters. The highest BCUT2D eigenvalue weighted by molar-refractivity contribution is 9.09. The fourth-order valence-corrected chi connectivity index (χ4v) is 2.60. The van der Waals surface area contributed by atoms with Gasteiger partial charge in [-0.15, -0.1) is 0 Å². The summed E-state index contributed by atoms with van der Waals surface area (Å²) < 4.78 is 0. The van der Waals surface area contributed by atoms with Crippen molar-refractivity contribution in [2.24, 2.45) is 0 Å². The Kier molecular flexibility index (Phi) is 5.02. The van der Waals surface area contributed by atoms with Crippen LogP contribution in [-0.4, -0.2) is 27.0 Å². The first kappa shape index (κ1) is 14.8. The van der Waals surface area contributed by atoms with Crippen molar-refractivity contribution in [2.45, 2.75) is 32.2 Å². The summed E-state index contributed by atoms with van der Waals surface area (Å²) in [5.41, 5.74) is -0.151. The van der Waals surface area contributed by atoms with E-state index in [1.807, 2.05) is 13.8 Å². The third-order valence-corrected chi connectivity index (χ3v) is 4.29. The second kappa shape index (κ2) is 6.09. The molecule has 1 rings (SSSR count). The van der Waals surface area contributed by atoms with Crippen molar-refractivity contribution < 1.29 is 15.0 Å². The molecule has 0 aliphatic carbocycles. The molecule has 0 spiro atoms. The van der Waals surface area contributed by atoms with Crippen LogP contribution in [0, 0.1) is 0 Å². The molecule has 0 heterocycles. The molecule has 100 valence electrons. The number of aromatic hydroxyl groups is 2. The van der Waals surface area contributed by atoms with Gasteiger partial charge in [0.1, 0.15) is 11.5 Å². The largest absolute Gasteiger partial charge is 0.508 e. The van der Waals surface area contributed by atoms with Gasteiger partial charge < -0.3 is 15.5 Å². The number of hydrogen-bond donors (Lipinski definition) is 3. The van der Waals surface area contributed by atoms with Crippen LogP contribution in [0.25, 0.3) is 0 Å². The first-order chi connectivity index (χ1) is 8.48. The van der Waals surface area contributed by atoms with Crippen molar-refractivity contribution in [3.05, 3.63) is 23.8 Å². The highest BCUT2D eigenvalue weighted by Gasteiger charge is 2.28. The lowest BCUT2D eigenvalue weighted by Gasteiger charge is -2.31. The zero-order valence-corrected chi connectivity index (χ0v) is 12.1. The Morgan fingerprint density at radius 1 is 1.33 bits per heavy atom. The average molecular weight is 316 g/mol. The zero-order valence-electron chi connectivity index (χ0n) is 10.5. The van der Waals surface area contributed by atoms with Gasteiger partial charge in [0, 0.05) is 16.9 Å². The first-order valence-electron chi connectivity index (χ1n) is 5.88. The Labute approximate surface area is 115 Å². The maximum Gasteiger partial charge on any atom is 0.255 e. The van der Waals surface area contributed by atoms with E-state index in [4.69, 9.17) is 0 Å². The van der Waals surface area contributed by atoms with E-state index in [9.17, 15) is 15.0 Å². The van der Waals surface area contributed by atoms with Crippen LogP contribution in [0.1, 0.15) is 37.0 Å². The number of rotatable bonds is 5. The van der Waals surface area contributed by atoms with E-state index in [-0.39, 0.29) is 28.5 Å². The number of alkyl halides is 1. The van der Waals surface area contributed by atoms with Gasteiger partial charge in [0.25, 0.3) is 5.91 Å². The molecule has 0 saturated heterocycles. The van der Waals surface area contributed by atoms with Crippen molar-refractivity contribution in [1.82, 2.24) is 5.32 Å². The Bertz CT molecular complexity index is 422. The van der Waals surface area contributed by atoms with Crippen molar-refractivity contribution in [3.8, 4) is 11.5 Å². The zero-order chi connectivity index (χ0) is 13.8. The topological polar surface area (TPSA) is 69.6 Å². The first-order valence-corrected chi connectivity index (χ1v) is 7.00. The predicted molar refractivity (Wildman–Crippen MR) is 74.3 cm³/mol. The minimum absolute atomic E-state index is 0.0678. The van der Waals surface area contributed by atoms with E-state index in [1.165, 1.54) is 12.1 Å². The SMILES string of the molecule is CCC(CC)(CBr)NC(=O)c1ccc(O)cc1O. The summed E-state index contributed by atoms with van der Waals surface area (Å²) in [6.45, 7) is 4.00. The lowest BCUT2D eigenvalue weighted by molar-refractivity contribution is 0.0901. The molecular weight excluding hydrogens is 298 g/mol. The van der Waals surface area contributed by atoms with Gasteiger partial charge in [0.15, 0.2) is 0 Å². The number of carbonyl (C=O) groups excluding carboxylic acids is 1. The van der Waals surface area contributed by atoms with Crippen molar-refractivity contribution >= 4 is 21.8 Å². The molecule has 5 heteroatoms. The Hall–Kier alpha value is -1.23. The van der Waals surface area contributed by atoms with Crippen LogP contribution in [0.5, 0.6) is 11.5 Å². The smallest absolute Gasteiger partial charge is 0.255 e. The van der Waals surface area contributed by atoms with Crippen molar-refractivity contribution in [3.63, 3.8) is 0 Å². The summed E-state index contributed by atoms with van der Waals surface area (Å²) in [6.07, 6.45) is 1.58. The standard InChI is InChI=1S/C13H18BrNO3/c1-3-13(4-2,8-14)15-12(18)10-6-5-9(16)7-11(10)17/h5-7,16-17H,3-4,8H2,1-2H3,(H,15,18). The molecule has 0 atom stereocenters. The van der Waals surface area contributed by atoms with Gasteiger partial charge in [0.2, 0.25) is 0 Å². The van der Waals surface area contributed by atoms with Gasteiger partial charge in [-0.25, -0.2) is 0 Å². The molecule has 3 N–H and O–H groups in total. The molecule has 0 bridgehead atoms. The second-order valence-electron chi connectivity index (χ2n) is 4.28. The molecule has 0 aromatic heterocycles. The van der Waals surface area contributed by atoms with Crippen LogP contribution in [0.15, 0.2) is 18.2 Å². The normalized spacial score (nSPS) is 11.3. The summed E-state index contributed by atoms with van der Waals surface area (Å²) in [6, 6.07) is 3.94. The van der Waals surface area contributed by atoms with Gasteiger partial charge in [0.05, 0.1) is 5.56 Å². The molecule has 0 aliphatic rings. The molecule has 0 aliphatic heterocycles. The van der Waals surface area contributed by atoms with Crippen LogP contribution >= 0.6 is 15.9 Å². The van der Waals surface area contributed by atoms with Crippen LogP contribution < -0.4 is 5.32 Å². The molecule has 0 radical (unpaired) electrons. The van der Waals surface area contributed by atoms with Gasteiger partial charge in [-0.3, -0.25) is 4.79 Å². The predicted octanol–water partition coefficient (Wildman–Crippen LogP) is 2.78. The number of carbonyl (C=O) groups is 1. The molecule has 0 fully saturated rings. The summed E-state index contributed by atoms with van der Waals surface area (Å²) in [7, 11) is 0. The minimum Gasteiger partial charge on any atom is -0.508 e. The molecule has 1 amide bonds. The molecule has 1 aromatic rings. The maximum atomic E-state index is 12.1. The van der Waals surface area contributed by atoms with E-state index >= 15 is 0 Å². The Balaban J connectivity index is 2.94. The fourth-order valence-electron chi connectivity index (χ4n) is 1.67. The van der Waals surface area contributed by atoms with Gasteiger partial charge in [-0.2, -0.15) is 0 Å². The molecule has 18 heavy (non-hydrogen) atoms. The number of nitrogens with one attached hydrogen (secondary N) is 1. The lowest BCUT2D eigenvalue weighted by atomic mass is 9.95. The summed E-state index contributed by atoms with van der Waals surface area (Å²) in [5, 5.41) is 22.4.